The fraction of sp³-hybridized carbons (Fsp3) is 0.467. The smallest absolute Gasteiger partial charge is 0.282 e. The zero-order valence-corrected chi connectivity index (χ0v) is 24.8. The molecule has 228 valence electrons. The quantitative estimate of drug-likeness (QED) is 0.208. The summed E-state index contributed by atoms with van der Waals surface area (Å²) in [5.74, 6) is 2.82. The summed E-state index contributed by atoms with van der Waals surface area (Å²) in [5.41, 5.74) is 2.25. The van der Waals surface area contributed by atoms with Crippen LogP contribution in [0.5, 0.6) is 5.75 Å². The van der Waals surface area contributed by atoms with Crippen LogP contribution in [-0.4, -0.2) is 51.0 Å². The number of likely N-dealkylation sites (tertiary alicyclic amines) is 1. The lowest BCUT2D eigenvalue weighted by Gasteiger charge is -2.31. The van der Waals surface area contributed by atoms with Crippen molar-refractivity contribution in [1.29, 1.82) is 0 Å². The van der Waals surface area contributed by atoms with Gasteiger partial charge < -0.3 is 14.5 Å². The van der Waals surface area contributed by atoms with Gasteiger partial charge in [-0.2, -0.15) is 5.10 Å². The fourth-order valence-corrected chi connectivity index (χ4v) is 6.34. The molecule has 0 bridgehead atoms. The van der Waals surface area contributed by atoms with Crippen molar-refractivity contribution in [3.63, 3.8) is 0 Å². The summed E-state index contributed by atoms with van der Waals surface area (Å²) in [6.07, 6.45) is 1.13. The van der Waals surface area contributed by atoms with Gasteiger partial charge in [-0.3, -0.25) is 9.48 Å². The first kappa shape index (κ1) is 30.5. The van der Waals surface area contributed by atoms with Crippen LogP contribution in [0.25, 0.3) is 0 Å². The number of aromatic nitrogens is 3. The Labute approximate surface area is 250 Å². The number of carbonyl (C=O) groups excluding carboxylic acids is 1. The van der Waals surface area contributed by atoms with Gasteiger partial charge in [-0.05, 0) is 62.9 Å². The Kier molecular flexibility index (Phi) is 8.78. The molecule has 0 saturated carbocycles. The number of carbonyl (C=O) groups is 1. The molecule has 3 aromatic rings. The lowest BCUT2D eigenvalue weighted by atomic mass is 9.87. The molecule has 0 aliphatic carbocycles. The predicted molar refractivity (Wildman–Crippen MR) is 153 cm³/mol. The number of nitrogens with zero attached hydrogens (tertiary/aromatic N) is 5. The van der Waals surface area contributed by atoms with Crippen LogP contribution in [0.3, 0.4) is 0 Å². The van der Waals surface area contributed by atoms with E-state index in [-0.39, 0.29) is 12.5 Å². The van der Waals surface area contributed by atoms with Crippen LogP contribution >= 0.6 is 11.3 Å². The molecular weight excluding hydrogens is 586 g/mol. The van der Waals surface area contributed by atoms with Crippen LogP contribution in [0.15, 0.2) is 28.7 Å². The van der Waals surface area contributed by atoms with E-state index < -0.39 is 42.3 Å². The number of alkyl halides is 4. The van der Waals surface area contributed by atoms with Gasteiger partial charge in [-0.1, -0.05) is 11.1 Å². The maximum absolute atomic E-state index is 13.3. The average molecular weight is 618 g/mol. The molecule has 1 fully saturated rings. The van der Waals surface area contributed by atoms with E-state index in [0.29, 0.717) is 48.8 Å². The van der Waals surface area contributed by atoms with Crippen molar-refractivity contribution in [2.75, 3.05) is 19.7 Å². The van der Waals surface area contributed by atoms with Gasteiger partial charge in [0, 0.05) is 36.4 Å². The van der Waals surface area contributed by atoms with Gasteiger partial charge in [0.15, 0.2) is 5.60 Å². The second kappa shape index (κ2) is 12.4. The number of thiazole rings is 1. The molecule has 8 nitrogen and oxygen atoms in total. The molecule has 13 heteroatoms. The number of halogens is 4. The van der Waals surface area contributed by atoms with Gasteiger partial charge in [0.2, 0.25) is 5.91 Å². The van der Waals surface area contributed by atoms with Crippen molar-refractivity contribution in [3.8, 4) is 18.1 Å². The SMILES string of the molecule is C#CCOc1cc(C)c(C)cc1C1(C)CC(c2csc(C3CCN(C(=O)Cn4nc(C(F)F)cc4C(F)F)CC3)n2)=NO1. The van der Waals surface area contributed by atoms with Gasteiger partial charge >= 0.3 is 0 Å². The Bertz CT molecular complexity index is 1570. The third-order valence-electron chi connectivity index (χ3n) is 7.92. The fourth-order valence-electron chi connectivity index (χ4n) is 5.34. The summed E-state index contributed by atoms with van der Waals surface area (Å²) in [7, 11) is 0. The first-order chi connectivity index (χ1) is 20.5. The molecule has 0 spiro atoms. The van der Waals surface area contributed by atoms with Crippen LogP contribution in [0, 0.1) is 26.2 Å². The first-order valence-electron chi connectivity index (χ1n) is 13.8. The van der Waals surface area contributed by atoms with E-state index >= 15 is 0 Å². The Balaban J connectivity index is 1.21. The second-order valence-corrected chi connectivity index (χ2v) is 11.8. The van der Waals surface area contributed by atoms with Crippen molar-refractivity contribution in [2.45, 2.75) is 70.9 Å². The highest BCUT2D eigenvalue weighted by molar-refractivity contribution is 7.10. The molecule has 43 heavy (non-hydrogen) atoms. The lowest BCUT2D eigenvalue weighted by molar-refractivity contribution is -0.133. The minimum absolute atomic E-state index is 0.104. The van der Waals surface area contributed by atoms with Gasteiger partial charge in [0.1, 0.15) is 36.0 Å². The van der Waals surface area contributed by atoms with Gasteiger partial charge in [0.25, 0.3) is 12.9 Å². The summed E-state index contributed by atoms with van der Waals surface area (Å²) in [6.45, 7) is 6.38. The standard InChI is InChI=1S/C30H31F4N5O3S/c1-5-10-41-25-12-18(3)17(2)11-20(25)30(4)14-22(37-42-30)23-16-43-29(35-23)19-6-8-38(9-7-19)26(40)15-39-24(28(33)34)13-21(36-39)27(31)32/h1,11-13,16,19,27-28H,6-10,14-15H2,2-4H3. The van der Waals surface area contributed by atoms with Crippen LogP contribution in [0.1, 0.15) is 83.7 Å². The largest absolute Gasteiger partial charge is 0.481 e. The summed E-state index contributed by atoms with van der Waals surface area (Å²) >= 11 is 1.51. The number of hydrogen-bond acceptors (Lipinski definition) is 7. The van der Waals surface area contributed by atoms with Crippen LogP contribution < -0.4 is 4.74 Å². The molecule has 1 unspecified atom stereocenters. The number of oxime groups is 1. The molecule has 1 saturated heterocycles. The lowest BCUT2D eigenvalue weighted by Crippen LogP contribution is -2.40. The third kappa shape index (κ3) is 6.39. The molecule has 2 aliphatic rings. The van der Waals surface area contributed by atoms with Crippen molar-refractivity contribution in [3.05, 3.63) is 62.4 Å². The van der Waals surface area contributed by atoms with E-state index in [9.17, 15) is 22.4 Å². The Morgan fingerprint density at radius 3 is 2.58 bits per heavy atom. The van der Waals surface area contributed by atoms with E-state index in [2.05, 4.69) is 16.2 Å². The first-order valence-corrected chi connectivity index (χ1v) is 14.7. The molecule has 2 aliphatic heterocycles. The van der Waals surface area contributed by atoms with E-state index in [1.165, 1.54) is 11.3 Å². The minimum Gasteiger partial charge on any atom is -0.481 e. The van der Waals surface area contributed by atoms with Crippen molar-refractivity contribution in [2.24, 2.45) is 5.16 Å². The minimum atomic E-state index is -3.02. The number of hydrogen-bond donors (Lipinski definition) is 0. The predicted octanol–water partition coefficient (Wildman–Crippen LogP) is 6.29. The molecule has 0 radical (unpaired) electrons. The number of ether oxygens (including phenoxy) is 1. The molecule has 0 N–H and O–H groups in total. The zero-order chi connectivity index (χ0) is 30.9. The van der Waals surface area contributed by atoms with Crippen molar-refractivity contribution in [1.82, 2.24) is 19.7 Å². The average Bonchev–Trinajstić information content (AvgIpc) is 3.72. The molecule has 1 aromatic carbocycles. The molecule has 1 amide bonds. The van der Waals surface area contributed by atoms with E-state index in [0.717, 1.165) is 33.1 Å². The number of benzene rings is 1. The highest BCUT2D eigenvalue weighted by atomic mass is 32.1. The van der Waals surface area contributed by atoms with Crippen LogP contribution in [0.2, 0.25) is 0 Å². The maximum atomic E-state index is 13.3. The number of rotatable bonds is 9. The van der Waals surface area contributed by atoms with Gasteiger partial charge in [0.05, 0.1) is 10.7 Å². The van der Waals surface area contributed by atoms with Crippen LogP contribution in [-0.2, 0) is 21.8 Å². The van der Waals surface area contributed by atoms with Gasteiger partial charge in [-0.25, -0.2) is 22.5 Å². The van der Waals surface area contributed by atoms with E-state index in [1.54, 1.807) is 4.90 Å². The number of terminal acetylenes is 1. The third-order valence-corrected chi connectivity index (χ3v) is 8.92. The molecule has 1 atom stereocenters. The summed E-state index contributed by atoms with van der Waals surface area (Å²) in [4.78, 5) is 25.2. The van der Waals surface area contributed by atoms with Gasteiger partial charge in [-0.15, -0.1) is 17.8 Å². The number of aryl methyl sites for hydroxylation is 2. The Hall–Kier alpha value is -3.92. The molecule has 4 heterocycles. The van der Waals surface area contributed by atoms with Crippen LogP contribution in [0.4, 0.5) is 17.6 Å². The second-order valence-electron chi connectivity index (χ2n) is 10.9. The van der Waals surface area contributed by atoms with E-state index in [4.69, 9.17) is 21.0 Å². The normalized spacial score (nSPS) is 19.1. The summed E-state index contributed by atoms with van der Waals surface area (Å²) < 4.78 is 59.1. The Morgan fingerprint density at radius 2 is 1.91 bits per heavy atom. The maximum Gasteiger partial charge on any atom is 0.282 e. The Morgan fingerprint density at radius 1 is 1.19 bits per heavy atom. The van der Waals surface area contributed by atoms with E-state index in [1.807, 2.05) is 38.3 Å². The summed E-state index contributed by atoms with van der Waals surface area (Å²) in [5, 5.41) is 10.8. The highest BCUT2D eigenvalue weighted by Crippen LogP contribution is 2.42. The zero-order valence-electron chi connectivity index (χ0n) is 23.9. The molecule has 2 aromatic heterocycles. The number of amides is 1. The molecule has 5 rings (SSSR count). The molecular formula is C30H31F4N5O3S. The van der Waals surface area contributed by atoms with Crippen molar-refractivity contribution >= 4 is 23.0 Å². The summed E-state index contributed by atoms with van der Waals surface area (Å²) in [6, 6.07) is 4.64. The highest BCUT2D eigenvalue weighted by Gasteiger charge is 2.40. The van der Waals surface area contributed by atoms with Crippen molar-refractivity contribution < 1.29 is 31.9 Å². The monoisotopic (exact) mass is 617 g/mol. The topological polar surface area (TPSA) is 81.8 Å². The number of piperidine rings is 1.